The topological polar surface area (TPSA) is 50.9 Å². The lowest BCUT2D eigenvalue weighted by Crippen LogP contribution is -2.13. The maximum atomic E-state index is 11.8. The molecule has 0 unspecified atom stereocenters. The number of nitrogens with one attached hydrogen (secondary N) is 1. The minimum absolute atomic E-state index is 0.206. The number of aromatic nitrogens is 2. The molecule has 80 valence electrons. The zero-order chi connectivity index (χ0) is 11.1. The summed E-state index contributed by atoms with van der Waals surface area (Å²) in [6.45, 7) is 0. The molecule has 16 heavy (non-hydrogen) atoms. The Morgan fingerprint density at radius 2 is 2.19 bits per heavy atom. The number of benzene rings is 1. The molecule has 2 heterocycles. The Balaban J connectivity index is 2.43. The van der Waals surface area contributed by atoms with E-state index >= 15 is 0 Å². The van der Waals surface area contributed by atoms with E-state index in [1.165, 1.54) is 4.57 Å². The summed E-state index contributed by atoms with van der Waals surface area (Å²) in [5, 5.41) is 0. The van der Waals surface area contributed by atoms with Crippen molar-refractivity contribution in [2.24, 2.45) is 0 Å². The first-order chi connectivity index (χ1) is 7.75. The summed E-state index contributed by atoms with van der Waals surface area (Å²) in [7, 11) is 0. The number of fused-ring (bicyclic) bond motifs is 1. The van der Waals surface area contributed by atoms with Crippen molar-refractivity contribution in [3.05, 3.63) is 51.6 Å². The van der Waals surface area contributed by atoms with Gasteiger partial charge in [-0.25, -0.2) is 9.36 Å². The highest BCUT2D eigenvalue weighted by atomic mass is 79.9. The van der Waals surface area contributed by atoms with Crippen molar-refractivity contribution >= 4 is 27.0 Å². The highest BCUT2D eigenvalue weighted by Gasteiger charge is 2.10. The number of hydrogen-bond acceptors (Lipinski definition) is 2. The average molecular weight is 279 g/mol. The molecule has 3 rings (SSSR count). The molecule has 0 saturated carbocycles. The summed E-state index contributed by atoms with van der Waals surface area (Å²) < 4.78 is 7.65. The molecule has 0 saturated heterocycles. The van der Waals surface area contributed by atoms with Crippen LogP contribution in [0.1, 0.15) is 0 Å². The SMILES string of the molecule is O=c1[nH]c2ccc(Br)cc2n1-c1ccco1. The minimum atomic E-state index is -0.206. The molecule has 0 fully saturated rings. The highest BCUT2D eigenvalue weighted by Crippen LogP contribution is 2.20. The molecule has 0 atom stereocenters. The van der Waals surface area contributed by atoms with E-state index in [-0.39, 0.29) is 5.69 Å². The van der Waals surface area contributed by atoms with Crippen molar-refractivity contribution < 1.29 is 4.42 Å². The normalized spacial score (nSPS) is 11.1. The third kappa shape index (κ3) is 1.32. The number of nitrogens with zero attached hydrogens (tertiary/aromatic N) is 1. The van der Waals surface area contributed by atoms with Gasteiger partial charge in [0.2, 0.25) is 5.88 Å². The first kappa shape index (κ1) is 9.47. The van der Waals surface area contributed by atoms with Crippen LogP contribution in [0.15, 0.2) is 50.3 Å². The molecule has 0 aliphatic heterocycles. The summed E-state index contributed by atoms with van der Waals surface area (Å²) in [5.74, 6) is 0.509. The summed E-state index contributed by atoms with van der Waals surface area (Å²) in [4.78, 5) is 14.5. The minimum Gasteiger partial charge on any atom is -0.448 e. The Morgan fingerprint density at radius 3 is 2.94 bits per heavy atom. The van der Waals surface area contributed by atoms with Crippen LogP contribution in [0.4, 0.5) is 0 Å². The Morgan fingerprint density at radius 1 is 1.31 bits per heavy atom. The Labute approximate surface area is 98.6 Å². The van der Waals surface area contributed by atoms with Crippen LogP contribution < -0.4 is 5.69 Å². The van der Waals surface area contributed by atoms with Crippen molar-refractivity contribution in [3.63, 3.8) is 0 Å². The average Bonchev–Trinajstić information content (AvgIpc) is 2.83. The van der Waals surface area contributed by atoms with Gasteiger partial charge in [-0.2, -0.15) is 0 Å². The highest BCUT2D eigenvalue weighted by molar-refractivity contribution is 9.10. The molecule has 0 spiro atoms. The predicted octanol–water partition coefficient (Wildman–Crippen LogP) is 2.67. The summed E-state index contributed by atoms with van der Waals surface area (Å²) in [6, 6.07) is 9.09. The van der Waals surface area contributed by atoms with Crippen LogP contribution in [-0.2, 0) is 0 Å². The number of hydrogen-bond donors (Lipinski definition) is 1. The van der Waals surface area contributed by atoms with Crippen LogP contribution in [-0.4, -0.2) is 9.55 Å². The Kier molecular flexibility index (Phi) is 2.00. The first-order valence-electron chi connectivity index (χ1n) is 4.70. The summed E-state index contributed by atoms with van der Waals surface area (Å²) in [6.07, 6.45) is 1.54. The molecule has 1 aromatic carbocycles. The van der Waals surface area contributed by atoms with Crippen molar-refractivity contribution in [2.45, 2.75) is 0 Å². The number of halogens is 1. The van der Waals surface area contributed by atoms with E-state index < -0.39 is 0 Å². The van der Waals surface area contributed by atoms with Crippen LogP contribution in [0.2, 0.25) is 0 Å². The van der Waals surface area contributed by atoms with Crippen LogP contribution in [0, 0.1) is 0 Å². The van der Waals surface area contributed by atoms with Gasteiger partial charge in [0.15, 0.2) is 0 Å². The third-order valence-corrected chi connectivity index (χ3v) is 2.87. The summed E-state index contributed by atoms with van der Waals surface area (Å²) >= 11 is 3.38. The monoisotopic (exact) mass is 278 g/mol. The number of H-pyrrole nitrogens is 1. The lowest BCUT2D eigenvalue weighted by molar-refractivity contribution is 0.538. The maximum absolute atomic E-state index is 11.8. The van der Waals surface area contributed by atoms with Crippen LogP contribution >= 0.6 is 15.9 Å². The summed E-state index contributed by atoms with van der Waals surface area (Å²) in [5.41, 5.74) is 1.36. The van der Waals surface area contributed by atoms with Crippen molar-refractivity contribution in [1.82, 2.24) is 9.55 Å². The van der Waals surface area contributed by atoms with Gasteiger partial charge in [-0.3, -0.25) is 0 Å². The maximum Gasteiger partial charge on any atom is 0.333 e. The molecule has 0 bridgehead atoms. The van der Waals surface area contributed by atoms with Gasteiger partial charge >= 0.3 is 5.69 Å². The van der Waals surface area contributed by atoms with E-state index in [0.717, 1.165) is 15.5 Å². The molecule has 0 amide bonds. The van der Waals surface area contributed by atoms with Gasteiger partial charge in [0.25, 0.3) is 0 Å². The standard InChI is InChI=1S/C11H7BrN2O2/c12-7-3-4-8-9(6-7)14(11(15)13-8)10-2-1-5-16-10/h1-6H,(H,13,15). The number of imidazole rings is 1. The molecule has 2 aromatic heterocycles. The van der Waals surface area contributed by atoms with Crippen molar-refractivity contribution in [1.29, 1.82) is 0 Å². The largest absolute Gasteiger partial charge is 0.448 e. The molecule has 5 heteroatoms. The molecule has 0 aliphatic carbocycles. The number of rotatable bonds is 1. The molecule has 1 N–H and O–H groups in total. The second-order valence-corrected chi connectivity index (χ2v) is 4.29. The third-order valence-electron chi connectivity index (χ3n) is 2.37. The number of aromatic amines is 1. The molecule has 3 aromatic rings. The molecular formula is C11H7BrN2O2. The van der Waals surface area contributed by atoms with Gasteiger partial charge in [0.1, 0.15) is 0 Å². The van der Waals surface area contributed by atoms with E-state index in [2.05, 4.69) is 20.9 Å². The Bertz CT molecular complexity index is 694. The van der Waals surface area contributed by atoms with Gasteiger partial charge in [-0.05, 0) is 24.3 Å². The van der Waals surface area contributed by atoms with E-state index in [4.69, 9.17) is 4.42 Å². The van der Waals surface area contributed by atoms with Crippen molar-refractivity contribution in [2.75, 3.05) is 0 Å². The second-order valence-electron chi connectivity index (χ2n) is 3.38. The molecule has 0 radical (unpaired) electrons. The van der Waals surface area contributed by atoms with E-state index in [9.17, 15) is 4.79 Å². The van der Waals surface area contributed by atoms with Crippen LogP contribution in [0.3, 0.4) is 0 Å². The lowest BCUT2D eigenvalue weighted by atomic mass is 10.3. The van der Waals surface area contributed by atoms with Gasteiger partial charge < -0.3 is 9.40 Å². The van der Waals surface area contributed by atoms with Gasteiger partial charge in [-0.15, -0.1) is 0 Å². The fourth-order valence-electron chi connectivity index (χ4n) is 1.69. The van der Waals surface area contributed by atoms with Crippen molar-refractivity contribution in [3.8, 4) is 5.88 Å². The Hall–Kier alpha value is -1.75. The molecular weight excluding hydrogens is 272 g/mol. The quantitative estimate of drug-likeness (QED) is 0.744. The second kappa shape index (κ2) is 3.38. The number of furan rings is 1. The molecule has 0 aliphatic rings. The molecule has 4 nitrogen and oxygen atoms in total. The van der Waals surface area contributed by atoms with Gasteiger partial charge in [0, 0.05) is 10.5 Å². The van der Waals surface area contributed by atoms with Gasteiger partial charge in [-0.1, -0.05) is 15.9 Å². The predicted molar refractivity (Wildman–Crippen MR) is 63.9 cm³/mol. The zero-order valence-electron chi connectivity index (χ0n) is 8.11. The fraction of sp³-hybridized carbons (Fsp3) is 0. The van der Waals surface area contributed by atoms with E-state index in [0.29, 0.717) is 5.88 Å². The van der Waals surface area contributed by atoms with Gasteiger partial charge in [0.05, 0.1) is 17.3 Å². The van der Waals surface area contributed by atoms with E-state index in [1.807, 2.05) is 18.2 Å². The zero-order valence-corrected chi connectivity index (χ0v) is 9.69. The fourth-order valence-corrected chi connectivity index (χ4v) is 2.04. The lowest BCUT2D eigenvalue weighted by Gasteiger charge is -1.98. The van der Waals surface area contributed by atoms with Crippen LogP contribution in [0.5, 0.6) is 0 Å². The van der Waals surface area contributed by atoms with Crippen LogP contribution in [0.25, 0.3) is 16.9 Å². The smallest absolute Gasteiger partial charge is 0.333 e. The van der Waals surface area contributed by atoms with E-state index in [1.54, 1.807) is 18.4 Å². The first-order valence-corrected chi connectivity index (χ1v) is 5.49.